The lowest BCUT2D eigenvalue weighted by molar-refractivity contribution is -0.190. The molecule has 0 aliphatic rings. The number of aliphatic hydroxyl groups is 1. The van der Waals surface area contributed by atoms with Crippen LogP contribution in [0.2, 0.25) is 0 Å². The standard InChI is InChI=1S/C15H19F9O2/c1-4-11(2,6-13(16,17)18)9(25)5-10(26)12(3,7-14(19,20)21)8-15(22,23)24/h5,26H,4,6-8H2,1-3H3/b10-5-. The van der Waals surface area contributed by atoms with Crippen molar-refractivity contribution < 1.29 is 49.4 Å². The van der Waals surface area contributed by atoms with E-state index in [0.717, 1.165) is 6.92 Å². The quantitative estimate of drug-likeness (QED) is 0.309. The summed E-state index contributed by atoms with van der Waals surface area (Å²) in [6.07, 6.45) is -21.2. The molecule has 0 aromatic rings. The van der Waals surface area contributed by atoms with E-state index >= 15 is 0 Å². The highest BCUT2D eigenvalue weighted by atomic mass is 19.4. The van der Waals surface area contributed by atoms with Crippen LogP contribution in [0.3, 0.4) is 0 Å². The number of hydrogen-bond acceptors (Lipinski definition) is 2. The van der Waals surface area contributed by atoms with Crippen LogP contribution >= 0.6 is 0 Å². The summed E-state index contributed by atoms with van der Waals surface area (Å²) in [5, 5.41) is 9.78. The maximum atomic E-state index is 12.6. The van der Waals surface area contributed by atoms with Crippen LogP contribution in [0, 0.1) is 10.8 Å². The number of aliphatic hydroxyl groups excluding tert-OH is 1. The molecule has 0 rings (SSSR count). The van der Waals surface area contributed by atoms with Crippen molar-refractivity contribution in [3.63, 3.8) is 0 Å². The fraction of sp³-hybridized carbons (Fsp3) is 0.800. The van der Waals surface area contributed by atoms with Crippen LogP contribution in [-0.4, -0.2) is 29.4 Å². The molecule has 0 aromatic heterocycles. The first-order valence-corrected chi connectivity index (χ1v) is 7.39. The third kappa shape index (κ3) is 8.31. The Labute approximate surface area is 144 Å². The zero-order valence-corrected chi connectivity index (χ0v) is 14.2. The second kappa shape index (κ2) is 7.67. The predicted molar refractivity (Wildman–Crippen MR) is 74.2 cm³/mol. The van der Waals surface area contributed by atoms with Crippen molar-refractivity contribution in [2.75, 3.05) is 0 Å². The van der Waals surface area contributed by atoms with Gasteiger partial charge in [0, 0.05) is 16.9 Å². The largest absolute Gasteiger partial charge is 0.512 e. The van der Waals surface area contributed by atoms with Crippen molar-refractivity contribution in [2.45, 2.75) is 65.0 Å². The lowest BCUT2D eigenvalue weighted by Gasteiger charge is -2.32. The van der Waals surface area contributed by atoms with E-state index in [1.54, 1.807) is 0 Å². The monoisotopic (exact) mass is 402 g/mol. The zero-order chi connectivity index (χ0) is 21.2. The third-order valence-corrected chi connectivity index (χ3v) is 4.03. The van der Waals surface area contributed by atoms with E-state index in [2.05, 4.69) is 0 Å². The summed E-state index contributed by atoms with van der Waals surface area (Å²) in [6.45, 7) is 2.52. The number of rotatable bonds is 7. The Morgan fingerprint density at radius 1 is 0.769 bits per heavy atom. The van der Waals surface area contributed by atoms with Gasteiger partial charge in [0.15, 0.2) is 5.78 Å². The van der Waals surface area contributed by atoms with Crippen LogP contribution in [0.25, 0.3) is 0 Å². The second-order valence-corrected chi connectivity index (χ2v) is 6.74. The van der Waals surface area contributed by atoms with Gasteiger partial charge in [-0.1, -0.05) is 20.8 Å². The molecule has 0 aromatic carbocycles. The Balaban J connectivity index is 5.88. The number of alkyl halides is 9. The van der Waals surface area contributed by atoms with Crippen LogP contribution in [0.5, 0.6) is 0 Å². The average Bonchev–Trinajstić information content (AvgIpc) is 2.31. The minimum absolute atomic E-state index is 0.0483. The molecule has 1 N–H and O–H groups in total. The van der Waals surface area contributed by atoms with Gasteiger partial charge in [-0.2, -0.15) is 39.5 Å². The van der Waals surface area contributed by atoms with Crippen LogP contribution < -0.4 is 0 Å². The summed E-state index contributed by atoms with van der Waals surface area (Å²) in [7, 11) is 0. The van der Waals surface area contributed by atoms with Crippen LogP contribution in [-0.2, 0) is 4.79 Å². The first-order chi connectivity index (χ1) is 11.2. The van der Waals surface area contributed by atoms with Gasteiger partial charge in [-0.25, -0.2) is 0 Å². The van der Waals surface area contributed by atoms with Crippen molar-refractivity contribution in [1.82, 2.24) is 0 Å². The number of carbonyl (C=O) groups excluding carboxylic acids is 1. The van der Waals surface area contributed by atoms with E-state index in [0.29, 0.717) is 6.92 Å². The SMILES string of the molecule is CCC(C)(CC(F)(F)F)C(=O)/C=C(\O)C(C)(CC(F)(F)F)CC(F)(F)F. The fourth-order valence-corrected chi connectivity index (χ4v) is 2.43. The normalized spacial score (nSPS) is 17.2. The van der Waals surface area contributed by atoms with Gasteiger partial charge in [0.05, 0.1) is 19.3 Å². The molecule has 2 nitrogen and oxygen atoms in total. The van der Waals surface area contributed by atoms with Crippen molar-refractivity contribution in [3.05, 3.63) is 11.8 Å². The first kappa shape index (κ1) is 24.6. The number of ketones is 1. The van der Waals surface area contributed by atoms with Gasteiger partial charge in [0.25, 0.3) is 0 Å². The van der Waals surface area contributed by atoms with E-state index in [4.69, 9.17) is 0 Å². The summed E-state index contributed by atoms with van der Waals surface area (Å²) < 4.78 is 113. The summed E-state index contributed by atoms with van der Waals surface area (Å²) in [6, 6.07) is 0. The van der Waals surface area contributed by atoms with Gasteiger partial charge in [-0.15, -0.1) is 0 Å². The highest BCUT2D eigenvalue weighted by molar-refractivity contribution is 5.95. The van der Waals surface area contributed by atoms with E-state index in [1.165, 1.54) is 6.92 Å². The second-order valence-electron chi connectivity index (χ2n) is 6.74. The minimum atomic E-state index is -5.11. The molecular formula is C15H19F9O2. The van der Waals surface area contributed by atoms with E-state index in [9.17, 15) is 49.4 Å². The van der Waals surface area contributed by atoms with E-state index < -0.39 is 60.2 Å². The van der Waals surface area contributed by atoms with Crippen molar-refractivity contribution >= 4 is 5.78 Å². The topological polar surface area (TPSA) is 37.3 Å². The summed E-state index contributed by atoms with van der Waals surface area (Å²) >= 11 is 0. The number of halogens is 9. The van der Waals surface area contributed by atoms with Gasteiger partial charge in [-0.05, 0) is 6.42 Å². The van der Waals surface area contributed by atoms with Crippen molar-refractivity contribution in [1.29, 1.82) is 0 Å². The Hall–Kier alpha value is -1.42. The molecule has 0 aliphatic carbocycles. The zero-order valence-electron chi connectivity index (χ0n) is 14.2. The van der Waals surface area contributed by atoms with Gasteiger partial charge in [0.2, 0.25) is 0 Å². The molecule has 0 spiro atoms. The maximum absolute atomic E-state index is 12.6. The summed E-state index contributed by atoms with van der Waals surface area (Å²) in [4.78, 5) is 12.1. The van der Waals surface area contributed by atoms with Gasteiger partial charge < -0.3 is 5.11 Å². The van der Waals surface area contributed by atoms with Crippen LogP contribution in [0.1, 0.15) is 46.5 Å². The minimum Gasteiger partial charge on any atom is -0.512 e. The highest BCUT2D eigenvalue weighted by Gasteiger charge is 2.49. The molecule has 0 bridgehead atoms. The molecule has 0 fully saturated rings. The fourth-order valence-electron chi connectivity index (χ4n) is 2.43. The number of carbonyl (C=O) groups is 1. The van der Waals surface area contributed by atoms with Crippen molar-refractivity contribution in [3.8, 4) is 0 Å². The molecule has 0 saturated heterocycles. The van der Waals surface area contributed by atoms with Crippen molar-refractivity contribution in [2.24, 2.45) is 10.8 Å². The molecule has 0 heterocycles. The predicted octanol–water partition coefficient (Wildman–Crippen LogP) is 6.28. The summed E-state index contributed by atoms with van der Waals surface area (Å²) in [5.41, 5.74) is -5.05. The van der Waals surface area contributed by atoms with Crippen LogP contribution in [0.15, 0.2) is 11.8 Å². The Kier molecular flexibility index (Phi) is 7.26. The van der Waals surface area contributed by atoms with E-state index in [-0.39, 0.29) is 12.5 Å². The first-order valence-electron chi connectivity index (χ1n) is 7.39. The van der Waals surface area contributed by atoms with Gasteiger partial charge in [0.1, 0.15) is 5.76 Å². The molecule has 0 amide bonds. The molecule has 0 radical (unpaired) electrons. The Morgan fingerprint density at radius 3 is 1.35 bits per heavy atom. The Bertz CT molecular complexity index is 513. The molecule has 26 heavy (non-hydrogen) atoms. The van der Waals surface area contributed by atoms with Gasteiger partial charge in [-0.3, -0.25) is 4.79 Å². The van der Waals surface area contributed by atoms with E-state index in [1.807, 2.05) is 0 Å². The average molecular weight is 402 g/mol. The lowest BCUT2D eigenvalue weighted by atomic mass is 9.76. The lowest BCUT2D eigenvalue weighted by Crippen LogP contribution is -2.35. The maximum Gasteiger partial charge on any atom is 0.390 e. The smallest absolute Gasteiger partial charge is 0.390 e. The number of allylic oxidation sites excluding steroid dienone is 2. The third-order valence-electron chi connectivity index (χ3n) is 4.03. The number of hydrogen-bond donors (Lipinski definition) is 1. The molecule has 0 aliphatic heterocycles. The Morgan fingerprint density at radius 2 is 1.08 bits per heavy atom. The molecule has 1 atom stereocenters. The highest BCUT2D eigenvalue weighted by Crippen LogP contribution is 2.46. The molecule has 1 unspecified atom stereocenters. The molecule has 11 heteroatoms. The molecular weight excluding hydrogens is 383 g/mol. The van der Waals surface area contributed by atoms with Gasteiger partial charge >= 0.3 is 18.5 Å². The molecule has 0 saturated carbocycles. The van der Waals surface area contributed by atoms with Crippen LogP contribution in [0.4, 0.5) is 39.5 Å². The summed E-state index contributed by atoms with van der Waals surface area (Å²) in [5.74, 6) is -2.95. The molecule has 154 valence electrons.